The van der Waals surface area contributed by atoms with Crippen LogP contribution in [0, 0.1) is 0 Å². The lowest BCUT2D eigenvalue weighted by molar-refractivity contribution is 0.102. The van der Waals surface area contributed by atoms with Gasteiger partial charge in [0.2, 0.25) is 12.7 Å². The molecule has 0 unspecified atom stereocenters. The van der Waals surface area contributed by atoms with Gasteiger partial charge in [-0.25, -0.2) is 4.98 Å². The number of nitrogens with one attached hydrogen (secondary N) is 1. The molecule has 0 radical (unpaired) electrons. The van der Waals surface area contributed by atoms with E-state index in [1.54, 1.807) is 36.4 Å². The Labute approximate surface area is 168 Å². The predicted molar refractivity (Wildman–Crippen MR) is 108 cm³/mol. The molecule has 0 bridgehead atoms. The monoisotopic (exact) mass is 436 g/mol. The molecule has 3 aromatic carbocycles. The molecule has 28 heavy (non-hydrogen) atoms. The molecule has 6 nitrogen and oxygen atoms in total. The fourth-order valence-electron chi connectivity index (χ4n) is 2.99. The minimum atomic E-state index is -0.242. The maximum Gasteiger partial charge on any atom is 0.255 e. The topological polar surface area (TPSA) is 73.6 Å². The van der Waals surface area contributed by atoms with Crippen molar-refractivity contribution in [3.8, 4) is 23.0 Å². The van der Waals surface area contributed by atoms with E-state index < -0.39 is 0 Å². The standard InChI is InChI=1S/C21H13BrN2O4/c22-14-3-1-2-13(8-14)21-24-16-10-15(5-7-17(16)28-21)23-20(25)12-4-6-18-19(9-12)27-11-26-18/h1-10H,11H2,(H,23,25). The van der Waals surface area contributed by atoms with Crippen LogP contribution in [0.2, 0.25) is 0 Å². The zero-order valence-electron chi connectivity index (χ0n) is 14.4. The molecule has 138 valence electrons. The Hall–Kier alpha value is -3.32. The van der Waals surface area contributed by atoms with E-state index in [2.05, 4.69) is 26.2 Å². The van der Waals surface area contributed by atoms with Crippen LogP contribution in [0.3, 0.4) is 0 Å². The van der Waals surface area contributed by atoms with Crippen molar-refractivity contribution in [1.82, 2.24) is 4.98 Å². The normalized spacial score (nSPS) is 12.3. The van der Waals surface area contributed by atoms with Crippen molar-refractivity contribution < 1.29 is 18.7 Å². The van der Waals surface area contributed by atoms with Crippen molar-refractivity contribution in [3.05, 3.63) is 70.7 Å². The summed E-state index contributed by atoms with van der Waals surface area (Å²) in [5.74, 6) is 1.49. The molecule has 1 N–H and O–H groups in total. The third kappa shape index (κ3) is 3.10. The highest BCUT2D eigenvalue weighted by atomic mass is 79.9. The first-order valence-electron chi connectivity index (χ1n) is 8.53. The Bertz CT molecular complexity index is 1220. The van der Waals surface area contributed by atoms with Gasteiger partial charge in [0.1, 0.15) is 5.52 Å². The molecule has 1 aliphatic rings. The third-order valence-corrected chi connectivity index (χ3v) is 4.85. The Morgan fingerprint density at radius 2 is 1.89 bits per heavy atom. The van der Waals surface area contributed by atoms with E-state index >= 15 is 0 Å². The molecule has 0 saturated heterocycles. The molecule has 4 aromatic rings. The van der Waals surface area contributed by atoms with Crippen molar-refractivity contribution in [2.45, 2.75) is 0 Å². The zero-order chi connectivity index (χ0) is 19.1. The number of halogens is 1. The van der Waals surface area contributed by atoms with Crippen molar-refractivity contribution in [1.29, 1.82) is 0 Å². The Morgan fingerprint density at radius 1 is 1.00 bits per heavy atom. The van der Waals surface area contributed by atoms with Crippen LogP contribution < -0.4 is 14.8 Å². The van der Waals surface area contributed by atoms with Gasteiger partial charge in [-0.15, -0.1) is 0 Å². The summed E-state index contributed by atoms with van der Waals surface area (Å²) in [7, 11) is 0. The maximum atomic E-state index is 12.6. The van der Waals surface area contributed by atoms with E-state index in [0.29, 0.717) is 39.7 Å². The van der Waals surface area contributed by atoms with Crippen LogP contribution >= 0.6 is 15.9 Å². The number of carbonyl (C=O) groups excluding carboxylic acids is 1. The van der Waals surface area contributed by atoms with E-state index in [1.807, 2.05) is 24.3 Å². The molecule has 2 heterocycles. The van der Waals surface area contributed by atoms with Crippen molar-refractivity contribution in [2.75, 3.05) is 12.1 Å². The van der Waals surface area contributed by atoms with Gasteiger partial charge >= 0.3 is 0 Å². The Kier molecular flexibility index (Phi) is 4.02. The van der Waals surface area contributed by atoms with Crippen LogP contribution in [0.1, 0.15) is 10.4 Å². The second-order valence-corrected chi connectivity index (χ2v) is 7.15. The van der Waals surface area contributed by atoms with Crippen LogP contribution in [0.15, 0.2) is 69.6 Å². The molecule has 0 saturated carbocycles. The molecule has 1 amide bonds. The third-order valence-electron chi connectivity index (χ3n) is 4.35. The van der Waals surface area contributed by atoms with Gasteiger partial charge in [0, 0.05) is 21.3 Å². The number of fused-ring (bicyclic) bond motifs is 2. The number of amides is 1. The highest BCUT2D eigenvalue weighted by Gasteiger charge is 2.17. The van der Waals surface area contributed by atoms with Gasteiger partial charge < -0.3 is 19.2 Å². The summed E-state index contributed by atoms with van der Waals surface area (Å²) < 4.78 is 17.4. The summed E-state index contributed by atoms with van der Waals surface area (Å²) in [6.45, 7) is 0.170. The van der Waals surface area contributed by atoms with Gasteiger partial charge in [-0.1, -0.05) is 22.0 Å². The van der Waals surface area contributed by atoms with Gasteiger partial charge in [0.05, 0.1) is 0 Å². The molecule has 0 aliphatic carbocycles. The number of rotatable bonds is 3. The zero-order valence-corrected chi connectivity index (χ0v) is 16.0. The lowest BCUT2D eigenvalue weighted by Crippen LogP contribution is -2.11. The number of aromatic nitrogens is 1. The van der Waals surface area contributed by atoms with Crippen molar-refractivity contribution in [3.63, 3.8) is 0 Å². The Morgan fingerprint density at radius 3 is 2.79 bits per heavy atom. The first kappa shape index (κ1) is 16.8. The fourth-order valence-corrected chi connectivity index (χ4v) is 3.39. The SMILES string of the molecule is O=C(Nc1ccc2oc(-c3cccc(Br)c3)nc2c1)c1ccc2c(c1)OCO2. The van der Waals surface area contributed by atoms with Crippen molar-refractivity contribution >= 4 is 38.6 Å². The molecule has 5 rings (SSSR count). The van der Waals surface area contributed by atoms with Gasteiger partial charge in [-0.2, -0.15) is 0 Å². The molecular formula is C21H13BrN2O4. The lowest BCUT2D eigenvalue weighted by Gasteiger charge is -2.05. The van der Waals surface area contributed by atoms with Gasteiger partial charge in [0.15, 0.2) is 17.1 Å². The molecule has 1 aliphatic heterocycles. The molecule has 0 atom stereocenters. The molecule has 0 fully saturated rings. The van der Waals surface area contributed by atoms with E-state index in [1.165, 1.54) is 0 Å². The molecule has 1 aromatic heterocycles. The number of carbonyl (C=O) groups is 1. The van der Waals surface area contributed by atoms with E-state index in [0.717, 1.165) is 10.0 Å². The average Bonchev–Trinajstić information content (AvgIpc) is 3.33. The number of hydrogen-bond donors (Lipinski definition) is 1. The number of ether oxygens (including phenoxy) is 2. The molecule has 0 spiro atoms. The smallest absolute Gasteiger partial charge is 0.255 e. The lowest BCUT2D eigenvalue weighted by atomic mass is 10.2. The van der Waals surface area contributed by atoms with Crippen LogP contribution in [-0.4, -0.2) is 17.7 Å². The quantitative estimate of drug-likeness (QED) is 0.475. The summed E-state index contributed by atoms with van der Waals surface area (Å²) in [6.07, 6.45) is 0. The minimum Gasteiger partial charge on any atom is -0.454 e. The van der Waals surface area contributed by atoms with Crippen LogP contribution in [0.25, 0.3) is 22.6 Å². The van der Waals surface area contributed by atoms with E-state index in [-0.39, 0.29) is 12.7 Å². The van der Waals surface area contributed by atoms with Crippen LogP contribution in [-0.2, 0) is 0 Å². The number of oxazole rings is 1. The second-order valence-electron chi connectivity index (χ2n) is 6.23. The first-order chi connectivity index (χ1) is 13.7. The van der Waals surface area contributed by atoms with Gasteiger partial charge in [-0.05, 0) is 54.6 Å². The van der Waals surface area contributed by atoms with Gasteiger partial charge in [0.25, 0.3) is 5.91 Å². The van der Waals surface area contributed by atoms with Crippen LogP contribution in [0.5, 0.6) is 11.5 Å². The summed E-state index contributed by atoms with van der Waals surface area (Å²) >= 11 is 3.45. The summed E-state index contributed by atoms with van der Waals surface area (Å²) in [6, 6.07) is 18.2. The Balaban J connectivity index is 1.41. The minimum absolute atomic E-state index is 0.170. The first-order valence-corrected chi connectivity index (χ1v) is 9.32. The average molecular weight is 437 g/mol. The summed E-state index contributed by atoms with van der Waals surface area (Å²) in [5.41, 5.74) is 3.30. The summed E-state index contributed by atoms with van der Waals surface area (Å²) in [5, 5.41) is 2.88. The second kappa shape index (κ2) is 6.69. The summed E-state index contributed by atoms with van der Waals surface area (Å²) in [4.78, 5) is 17.1. The predicted octanol–water partition coefficient (Wildman–Crippen LogP) is 5.24. The number of benzene rings is 3. The fraction of sp³-hybridized carbons (Fsp3) is 0.0476. The highest BCUT2D eigenvalue weighted by molar-refractivity contribution is 9.10. The molecular weight excluding hydrogens is 424 g/mol. The van der Waals surface area contributed by atoms with Gasteiger partial charge in [-0.3, -0.25) is 4.79 Å². The molecule has 7 heteroatoms. The van der Waals surface area contributed by atoms with E-state index in [9.17, 15) is 4.79 Å². The highest BCUT2D eigenvalue weighted by Crippen LogP contribution is 2.33. The van der Waals surface area contributed by atoms with Crippen LogP contribution in [0.4, 0.5) is 5.69 Å². The van der Waals surface area contributed by atoms with E-state index in [4.69, 9.17) is 13.9 Å². The van der Waals surface area contributed by atoms with Crippen molar-refractivity contribution in [2.24, 2.45) is 0 Å². The number of hydrogen-bond acceptors (Lipinski definition) is 5. The number of anilines is 1. The largest absolute Gasteiger partial charge is 0.454 e. The maximum absolute atomic E-state index is 12.6. The number of nitrogens with zero attached hydrogens (tertiary/aromatic N) is 1.